The van der Waals surface area contributed by atoms with Crippen molar-refractivity contribution in [1.29, 1.82) is 0 Å². The van der Waals surface area contributed by atoms with Crippen molar-refractivity contribution >= 4 is 50.2 Å². The average molecular weight is 587 g/mol. The molecule has 1 saturated heterocycles. The monoisotopic (exact) mass is 586 g/mol. The Morgan fingerprint density at radius 2 is 2.00 bits per heavy atom. The van der Waals surface area contributed by atoms with Crippen LogP contribution >= 0.6 is 11.6 Å². The summed E-state index contributed by atoms with van der Waals surface area (Å²) >= 11 is 6.23. The predicted molar refractivity (Wildman–Crippen MR) is 150 cm³/mol. The summed E-state index contributed by atoms with van der Waals surface area (Å²) in [6, 6.07) is 13.2. The van der Waals surface area contributed by atoms with Gasteiger partial charge in [-0.2, -0.15) is 0 Å². The third kappa shape index (κ3) is 4.73. The summed E-state index contributed by atoms with van der Waals surface area (Å²) in [5, 5.41) is 9.98. The van der Waals surface area contributed by atoms with Gasteiger partial charge in [0.15, 0.2) is 0 Å². The number of carboxylic acid groups (broad SMARTS) is 1. The predicted octanol–water partition coefficient (Wildman–Crippen LogP) is 3.70. The van der Waals surface area contributed by atoms with Crippen LogP contribution in [0.15, 0.2) is 42.5 Å². The zero-order valence-corrected chi connectivity index (χ0v) is 23.7. The smallest absolute Gasteiger partial charge is 0.407 e. The molecule has 0 bridgehead atoms. The van der Waals surface area contributed by atoms with E-state index in [0.29, 0.717) is 61.9 Å². The minimum absolute atomic E-state index is 0.00336. The molecule has 1 unspecified atom stereocenters. The van der Waals surface area contributed by atoms with Crippen LogP contribution in [0.1, 0.15) is 30.7 Å². The first-order valence-corrected chi connectivity index (χ1v) is 15.8. The number of sulfone groups is 1. The third-order valence-electron chi connectivity index (χ3n) is 8.46. The Balaban J connectivity index is 1.28. The van der Waals surface area contributed by atoms with E-state index in [-0.39, 0.29) is 30.2 Å². The fourth-order valence-corrected chi connectivity index (χ4v) is 7.35. The maximum atomic E-state index is 14.1. The number of morpholine rings is 1. The van der Waals surface area contributed by atoms with Crippen LogP contribution in [0.2, 0.25) is 5.02 Å². The van der Waals surface area contributed by atoms with Gasteiger partial charge < -0.3 is 24.2 Å². The summed E-state index contributed by atoms with van der Waals surface area (Å²) < 4.78 is 31.5. The Morgan fingerprint density at radius 1 is 1.23 bits per heavy atom. The third-order valence-corrected chi connectivity index (χ3v) is 9.73. The van der Waals surface area contributed by atoms with Crippen molar-refractivity contribution in [3.63, 3.8) is 0 Å². The molecule has 1 atom stereocenters. The minimum Gasteiger partial charge on any atom is -0.465 e. The van der Waals surface area contributed by atoms with Crippen LogP contribution in [0.4, 0.5) is 10.5 Å². The molecule has 1 saturated carbocycles. The van der Waals surface area contributed by atoms with E-state index in [9.17, 15) is 23.1 Å². The van der Waals surface area contributed by atoms with Crippen LogP contribution in [-0.4, -0.2) is 77.8 Å². The molecule has 1 N–H and O–H groups in total. The Morgan fingerprint density at radius 3 is 2.75 bits per heavy atom. The van der Waals surface area contributed by atoms with Crippen LogP contribution < -0.4 is 4.90 Å². The van der Waals surface area contributed by atoms with E-state index in [1.807, 2.05) is 34.9 Å². The number of rotatable bonds is 7. The van der Waals surface area contributed by atoms with Crippen molar-refractivity contribution in [2.75, 3.05) is 36.6 Å². The first-order valence-electron chi connectivity index (χ1n) is 13.4. The van der Waals surface area contributed by atoms with E-state index in [0.717, 1.165) is 16.8 Å². The molecule has 2 fully saturated rings. The highest BCUT2D eigenvalue weighted by Gasteiger charge is 2.60. The molecule has 3 aromatic rings. The van der Waals surface area contributed by atoms with E-state index < -0.39 is 21.3 Å². The lowest BCUT2D eigenvalue weighted by Crippen LogP contribution is -2.57. The zero-order chi connectivity index (χ0) is 28.2. The average Bonchev–Trinajstić information content (AvgIpc) is 3.34. The van der Waals surface area contributed by atoms with Gasteiger partial charge in [0.25, 0.3) is 0 Å². The molecule has 0 radical (unpaired) electrons. The highest BCUT2D eigenvalue weighted by molar-refractivity contribution is 7.90. The maximum Gasteiger partial charge on any atom is 0.407 e. The summed E-state index contributed by atoms with van der Waals surface area (Å²) in [5.41, 5.74) is 2.67. The number of ether oxygens (including phenoxy) is 1. The van der Waals surface area contributed by atoms with Gasteiger partial charge in [-0.3, -0.25) is 4.79 Å². The highest BCUT2D eigenvalue weighted by atomic mass is 35.5. The summed E-state index contributed by atoms with van der Waals surface area (Å²) in [6.45, 7) is 1.71. The van der Waals surface area contributed by atoms with Crippen LogP contribution in [0.25, 0.3) is 11.0 Å². The molecule has 2 aromatic carbocycles. The molecule has 212 valence electrons. The Kier molecular flexibility index (Phi) is 6.79. The Bertz CT molecular complexity index is 1600. The normalized spacial score (nSPS) is 24.5. The molecule has 1 spiro atoms. The van der Waals surface area contributed by atoms with Gasteiger partial charge in [-0.05, 0) is 55.0 Å². The van der Waals surface area contributed by atoms with E-state index >= 15 is 0 Å². The molecule has 40 heavy (non-hydrogen) atoms. The number of carbonyl (C=O) groups is 2. The standard InChI is InChI=1S/C28H31ClN4O6S/c1-40(37,38)12-4-9-32-23-8-7-19(29)13-21(23)30-25(32)17-33-22-6-3-2-5-20(22)28(26(33)34)14-18(15-28)24-16-31(27(35)36)10-11-39-24/h2-3,5-8,13,18,24H,4,9-12,14-17H2,1H3,(H,35,36). The first kappa shape index (κ1) is 27.0. The molecule has 3 heterocycles. The topological polar surface area (TPSA) is 122 Å². The van der Waals surface area contributed by atoms with Crippen LogP contribution in [0.3, 0.4) is 0 Å². The number of hydrogen-bond donors (Lipinski definition) is 1. The molecular formula is C28H31ClN4O6S. The lowest BCUT2D eigenvalue weighted by atomic mass is 9.57. The van der Waals surface area contributed by atoms with Gasteiger partial charge in [-0.25, -0.2) is 18.2 Å². The number of para-hydroxylation sites is 1. The van der Waals surface area contributed by atoms with Crippen molar-refractivity contribution in [1.82, 2.24) is 14.5 Å². The quantitative estimate of drug-likeness (QED) is 0.448. The fourth-order valence-electron chi connectivity index (χ4n) is 6.53. The molecule has 3 aliphatic rings. The maximum absolute atomic E-state index is 14.1. The number of aryl methyl sites for hydroxylation is 1. The van der Waals surface area contributed by atoms with Crippen molar-refractivity contribution in [2.24, 2.45) is 5.92 Å². The molecule has 2 aliphatic heterocycles. The summed E-state index contributed by atoms with van der Waals surface area (Å²) in [7, 11) is -3.12. The van der Waals surface area contributed by atoms with Gasteiger partial charge in [-0.15, -0.1) is 0 Å². The Labute approximate surface area is 237 Å². The number of carbonyl (C=O) groups excluding carboxylic acids is 1. The van der Waals surface area contributed by atoms with Crippen molar-refractivity contribution in [3.8, 4) is 0 Å². The van der Waals surface area contributed by atoms with Gasteiger partial charge in [0, 0.05) is 30.1 Å². The van der Waals surface area contributed by atoms with Crippen LogP contribution in [0.5, 0.6) is 0 Å². The first-order chi connectivity index (χ1) is 19.1. The van der Waals surface area contributed by atoms with Crippen molar-refractivity contribution < 1.29 is 27.9 Å². The van der Waals surface area contributed by atoms with Crippen molar-refractivity contribution in [2.45, 2.75) is 43.9 Å². The summed E-state index contributed by atoms with van der Waals surface area (Å²) in [4.78, 5) is 33.6. The molecule has 2 amide bonds. The van der Waals surface area contributed by atoms with Crippen LogP contribution in [0, 0.1) is 5.92 Å². The van der Waals surface area contributed by atoms with Gasteiger partial charge >= 0.3 is 6.09 Å². The molecule has 10 nitrogen and oxygen atoms in total. The number of nitrogens with zero attached hydrogens (tertiary/aromatic N) is 4. The van der Waals surface area contributed by atoms with Gasteiger partial charge in [0.05, 0.1) is 48.0 Å². The number of hydrogen-bond acceptors (Lipinski definition) is 6. The second kappa shape index (κ2) is 10.0. The zero-order valence-electron chi connectivity index (χ0n) is 22.1. The molecular weight excluding hydrogens is 556 g/mol. The van der Waals surface area contributed by atoms with E-state index in [4.69, 9.17) is 21.3 Å². The van der Waals surface area contributed by atoms with Crippen molar-refractivity contribution in [3.05, 3.63) is 58.9 Å². The van der Waals surface area contributed by atoms with E-state index in [1.165, 1.54) is 11.2 Å². The molecule has 1 aromatic heterocycles. The van der Waals surface area contributed by atoms with E-state index in [2.05, 4.69) is 0 Å². The lowest BCUT2D eigenvalue weighted by Gasteiger charge is -2.49. The molecule has 6 rings (SSSR count). The lowest BCUT2D eigenvalue weighted by molar-refractivity contribution is -0.135. The number of halogens is 1. The van der Waals surface area contributed by atoms with Crippen LogP contribution in [-0.2, 0) is 37.9 Å². The minimum atomic E-state index is -3.12. The SMILES string of the molecule is CS(=O)(=O)CCCn1c(CN2C(=O)C3(CC(C4CN(C(=O)O)CCO4)C3)c3ccccc32)nc2cc(Cl)ccc21. The molecule has 1 aliphatic carbocycles. The largest absolute Gasteiger partial charge is 0.465 e. The van der Waals surface area contributed by atoms with Gasteiger partial charge in [-0.1, -0.05) is 29.8 Å². The Hall–Kier alpha value is -3.15. The number of anilines is 1. The highest BCUT2D eigenvalue weighted by Crippen LogP contribution is 2.57. The number of imidazole rings is 1. The fraction of sp³-hybridized carbons (Fsp3) is 0.464. The second-order valence-electron chi connectivity index (χ2n) is 11.1. The number of amides is 2. The summed E-state index contributed by atoms with van der Waals surface area (Å²) in [6.07, 6.45) is 1.66. The van der Waals surface area contributed by atoms with Gasteiger partial charge in [0.2, 0.25) is 5.91 Å². The van der Waals surface area contributed by atoms with Gasteiger partial charge in [0.1, 0.15) is 15.7 Å². The second-order valence-corrected chi connectivity index (χ2v) is 13.8. The number of benzene rings is 2. The summed E-state index contributed by atoms with van der Waals surface area (Å²) in [5.74, 6) is 0.804. The number of fused-ring (bicyclic) bond motifs is 3. The van der Waals surface area contributed by atoms with E-state index in [1.54, 1.807) is 17.0 Å². The molecule has 12 heteroatoms. The number of aromatic nitrogens is 2.